The number of morpholine rings is 1. The second kappa shape index (κ2) is 5.64. The molecule has 0 bridgehead atoms. The van der Waals surface area contributed by atoms with Crippen LogP contribution < -0.4 is 0 Å². The summed E-state index contributed by atoms with van der Waals surface area (Å²) in [5, 5.41) is 0. The molecule has 2 rings (SSSR count). The number of Topliss-reactive ketones (excluding diaryl/α,β-unsaturated/α-hetero) is 1. The molecule has 1 heterocycles. The molecule has 0 spiro atoms. The van der Waals surface area contributed by atoms with E-state index >= 15 is 0 Å². The van der Waals surface area contributed by atoms with Gasteiger partial charge in [-0.3, -0.25) is 4.79 Å². The molecule has 0 unspecified atom stereocenters. The van der Waals surface area contributed by atoms with Gasteiger partial charge in [-0.1, -0.05) is 30.3 Å². The van der Waals surface area contributed by atoms with Gasteiger partial charge in [0.05, 0.1) is 13.2 Å². The van der Waals surface area contributed by atoms with Crippen LogP contribution in [0.1, 0.15) is 17.3 Å². The third kappa shape index (κ3) is 3.17. The summed E-state index contributed by atoms with van der Waals surface area (Å²) in [5.74, 6) is 0.0945. The van der Waals surface area contributed by atoms with Crippen LogP contribution in [-0.2, 0) is 4.74 Å². The van der Waals surface area contributed by atoms with E-state index in [-0.39, 0.29) is 5.78 Å². The molecule has 1 aliphatic heterocycles. The molecule has 0 radical (unpaired) electrons. The molecule has 3 nitrogen and oxygen atoms in total. The first-order chi connectivity index (χ1) is 8.27. The van der Waals surface area contributed by atoms with Gasteiger partial charge in [-0.2, -0.15) is 0 Å². The number of benzene rings is 1. The molecule has 0 amide bonds. The predicted molar refractivity (Wildman–Crippen MR) is 66.9 cm³/mol. The smallest absolute Gasteiger partial charge is 0.190 e. The molecule has 17 heavy (non-hydrogen) atoms. The molecule has 0 saturated carbocycles. The van der Waals surface area contributed by atoms with E-state index in [0.29, 0.717) is 0 Å². The van der Waals surface area contributed by atoms with Crippen LogP contribution in [0, 0.1) is 0 Å². The Morgan fingerprint density at radius 3 is 2.53 bits per heavy atom. The van der Waals surface area contributed by atoms with Crippen molar-refractivity contribution in [1.29, 1.82) is 0 Å². The normalized spacial score (nSPS) is 17.0. The first-order valence-electron chi connectivity index (χ1n) is 5.87. The summed E-state index contributed by atoms with van der Waals surface area (Å²) < 4.78 is 5.27. The van der Waals surface area contributed by atoms with Gasteiger partial charge in [0.25, 0.3) is 0 Å². The first-order valence-corrected chi connectivity index (χ1v) is 5.87. The summed E-state index contributed by atoms with van der Waals surface area (Å²) in [6, 6.07) is 9.38. The predicted octanol–water partition coefficient (Wildman–Crippen LogP) is 2.11. The Bertz CT molecular complexity index is 405. The fourth-order valence-corrected chi connectivity index (χ4v) is 1.86. The Hall–Kier alpha value is -1.61. The Balaban J connectivity index is 2.06. The Morgan fingerprint density at radius 1 is 1.24 bits per heavy atom. The number of carbonyl (C=O) groups excluding carboxylic acids is 1. The average molecular weight is 231 g/mol. The molecule has 0 aromatic heterocycles. The van der Waals surface area contributed by atoms with Crippen molar-refractivity contribution in [2.75, 3.05) is 26.3 Å². The van der Waals surface area contributed by atoms with Crippen molar-refractivity contribution in [2.45, 2.75) is 6.92 Å². The highest BCUT2D eigenvalue weighted by atomic mass is 16.5. The highest BCUT2D eigenvalue weighted by Gasteiger charge is 2.11. The number of ether oxygens (including phenoxy) is 1. The molecule has 0 aliphatic carbocycles. The fraction of sp³-hybridized carbons (Fsp3) is 0.357. The molecule has 1 aromatic carbocycles. The topological polar surface area (TPSA) is 29.5 Å². The summed E-state index contributed by atoms with van der Waals surface area (Å²) in [5.41, 5.74) is 1.52. The van der Waals surface area contributed by atoms with Crippen LogP contribution >= 0.6 is 0 Å². The van der Waals surface area contributed by atoms with E-state index in [0.717, 1.165) is 37.4 Å². The van der Waals surface area contributed by atoms with E-state index in [1.807, 2.05) is 43.5 Å². The van der Waals surface area contributed by atoms with Gasteiger partial charge in [0.15, 0.2) is 5.78 Å². The summed E-state index contributed by atoms with van der Waals surface area (Å²) in [6.45, 7) is 5.07. The van der Waals surface area contributed by atoms with E-state index in [1.165, 1.54) is 0 Å². The third-order valence-corrected chi connectivity index (χ3v) is 2.82. The number of hydrogen-bond donors (Lipinski definition) is 0. The van der Waals surface area contributed by atoms with Crippen LogP contribution in [-0.4, -0.2) is 37.0 Å². The molecule has 1 aromatic rings. The van der Waals surface area contributed by atoms with Crippen molar-refractivity contribution in [3.05, 3.63) is 47.7 Å². The lowest BCUT2D eigenvalue weighted by Crippen LogP contribution is -2.32. The van der Waals surface area contributed by atoms with Crippen molar-refractivity contribution in [2.24, 2.45) is 0 Å². The maximum Gasteiger partial charge on any atom is 0.190 e. The van der Waals surface area contributed by atoms with Gasteiger partial charge in [0, 0.05) is 30.4 Å². The summed E-state index contributed by atoms with van der Waals surface area (Å²) >= 11 is 0. The van der Waals surface area contributed by atoms with E-state index in [2.05, 4.69) is 4.90 Å². The van der Waals surface area contributed by atoms with Crippen molar-refractivity contribution in [1.82, 2.24) is 4.90 Å². The quantitative estimate of drug-likeness (QED) is 0.589. The van der Waals surface area contributed by atoms with Gasteiger partial charge < -0.3 is 9.64 Å². The average Bonchev–Trinajstić information content (AvgIpc) is 2.40. The van der Waals surface area contributed by atoms with Crippen LogP contribution in [0.25, 0.3) is 0 Å². The summed E-state index contributed by atoms with van der Waals surface area (Å²) in [4.78, 5) is 14.2. The van der Waals surface area contributed by atoms with Crippen LogP contribution in [0.3, 0.4) is 0 Å². The number of rotatable bonds is 3. The minimum Gasteiger partial charge on any atom is -0.378 e. The number of ketones is 1. The van der Waals surface area contributed by atoms with Crippen LogP contribution in [0.2, 0.25) is 0 Å². The summed E-state index contributed by atoms with van der Waals surface area (Å²) in [6.07, 6.45) is 1.94. The van der Waals surface area contributed by atoms with Crippen LogP contribution in [0.15, 0.2) is 42.1 Å². The maximum atomic E-state index is 12.1. The number of carbonyl (C=O) groups is 1. The van der Waals surface area contributed by atoms with Crippen molar-refractivity contribution in [3.8, 4) is 0 Å². The zero-order valence-electron chi connectivity index (χ0n) is 10.1. The van der Waals surface area contributed by atoms with Crippen LogP contribution in [0.5, 0.6) is 0 Å². The number of allylic oxidation sites excluding steroid dienone is 1. The molecule has 3 heteroatoms. The zero-order chi connectivity index (χ0) is 12.1. The molecule has 0 N–H and O–H groups in total. The Morgan fingerprint density at radius 2 is 1.88 bits per heavy atom. The molecule has 1 fully saturated rings. The van der Waals surface area contributed by atoms with Crippen LogP contribution in [0.4, 0.5) is 0 Å². The molecule has 90 valence electrons. The molecule has 1 aliphatic rings. The minimum atomic E-state index is 0.0945. The largest absolute Gasteiger partial charge is 0.378 e. The zero-order valence-corrected chi connectivity index (χ0v) is 10.1. The summed E-state index contributed by atoms with van der Waals surface area (Å²) in [7, 11) is 0. The Kier molecular flexibility index (Phi) is 3.94. The van der Waals surface area contributed by atoms with E-state index in [9.17, 15) is 4.79 Å². The molecule has 1 saturated heterocycles. The Labute approximate surface area is 102 Å². The second-order valence-corrected chi connectivity index (χ2v) is 4.16. The van der Waals surface area contributed by atoms with Gasteiger partial charge >= 0.3 is 0 Å². The van der Waals surface area contributed by atoms with Gasteiger partial charge in [0.2, 0.25) is 0 Å². The standard InChI is InChI=1S/C14H17NO2/c1-12(11-15-7-9-17-10-8-15)14(16)13-5-3-2-4-6-13/h2-6,11H,7-10H2,1H3. The lowest BCUT2D eigenvalue weighted by Gasteiger charge is -2.25. The molecular weight excluding hydrogens is 214 g/mol. The molecular formula is C14H17NO2. The molecule has 0 atom stereocenters. The van der Waals surface area contributed by atoms with Gasteiger partial charge in [-0.15, -0.1) is 0 Å². The van der Waals surface area contributed by atoms with E-state index < -0.39 is 0 Å². The lowest BCUT2D eigenvalue weighted by atomic mass is 10.1. The SMILES string of the molecule is CC(=CN1CCOCC1)C(=O)c1ccccc1. The maximum absolute atomic E-state index is 12.1. The monoisotopic (exact) mass is 231 g/mol. The van der Waals surface area contributed by atoms with Crippen molar-refractivity contribution in [3.63, 3.8) is 0 Å². The lowest BCUT2D eigenvalue weighted by molar-refractivity contribution is 0.0588. The number of nitrogens with zero attached hydrogens (tertiary/aromatic N) is 1. The van der Waals surface area contributed by atoms with E-state index in [1.54, 1.807) is 0 Å². The number of hydrogen-bond acceptors (Lipinski definition) is 3. The second-order valence-electron chi connectivity index (χ2n) is 4.16. The van der Waals surface area contributed by atoms with Crippen molar-refractivity contribution < 1.29 is 9.53 Å². The van der Waals surface area contributed by atoms with Gasteiger partial charge in [-0.05, 0) is 6.92 Å². The highest BCUT2D eigenvalue weighted by Crippen LogP contribution is 2.09. The fourth-order valence-electron chi connectivity index (χ4n) is 1.86. The van der Waals surface area contributed by atoms with Gasteiger partial charge in [-0.25, -0.2) is 0 Å². The first kappa shape index (κ1) is 11.9. The van der Waals surface area contributed by atoms with Gasteiger partial charge in [0.1, 0.15) is 0 Å². The van der Waals surface area contributed by atoms with E-state index in [4.69, 9.17) is 4.74 Å². The third-order valence-electron chi connectivity index (χ3n) is 2.82. The van der Waals surface area contributed by atoms with Crippen molar-refractivity contribution >= 4 is 5.78 Å². The minimum absolute atomic E-state index is 0.0945. The highest BCUT2D eigenvalue weighted by molar-refractivity contribution is 6.08.